The molecule has 0 N–H and O–H groups in total. The molecule has 3 unspecified atom stereocenters. The highest BCUT2D eigenvalue weighted by Crippen LogP contribution is 2.42. The molecule has 0 spiro atoms. The lowest BCUT2D eigenvalue weighted by atomic mass is 9.68. The maximum Gasteiger partial charge on any atom is -0.0156 e. The molecule has 88 valence electrons. The normalized spacial score (nSPS) is 29.0. The van der Waals surface area contributed by atoms with Crippen LogP contribution in [0.1, 0.15) is 54.5 Å². The van der Waals surface area contributed by atoms with Gasteiger partial charge in [-0.1, -0.05) is 26.8 Å². The van der Waals surface area contributed by atoms with Crippen molar-refractivity contribution in [3.63, 3.8) is 0 Å². The lowest BCUT2D eigenvalue weighted by Crippen LogP contribution is -2.26. The van der Waals surface area contributed by atoms with Crippen LogP contribution >= 0.6 is 0 Å². The number of aryl methyl sites for hydroxylation is 2. The maximum atomic E-state index is 2.41. The van der Waals surface area contributed by atoms with Crippen LogP contribution in [0.15, 0.2) is 6.07 Å². The standard InChI is InChI=1S/C16H24/c1-9-7-11(3)15-8-10(2)12(4)14(6)16(15)13(9)5/h7,10,12,14H,8H2,1-6H3. The Kier molecular flexibility index (Phi) is 2.86. The average Bonchev–Trinajstić information content (AvgIpc) is 2.22. The third-order valence-corrected chi connectivity index (χ3v) is 4.90. The summed E-state index contributed by atoms with van der Waals surface area (Å²) in [7, 11) is 0. The van der Waals surface area contributed by atoms with E-state index in [1.54, 1.807) is 11.1 Å². The molecule has 0 fully saturated rings. The minimum atomic E-state index is 0.720. The summed E-state index contributed by atoms with van der Waals surface area (Å²) in [6.45, 7) is 14.0. The van der Waals surface area contributed by atoms with E-state index in [9.17, 15) is 0 Å². The maximum absolute atomic E-state index is 2.41. The van der Waals surface area contributed by atoms with E-state index in [-0.39, 0.29) is 0 Å². The first-order chi connectivity index (χ1) is 7.43. The molecule has 0 amide bonds. The van der Waals surface area contributed by atoms with Gasteiger partial charge in [0.2, 0.25) is 0 Å². The predicted octanol–water partition coefficient (Wildman–Crippen LogP) is 4.54. The predicted molar refractivity (Wildman–Crippen MR) is 71.1 cm³/mol. The zero-order chi connectivity index (χ0) is 12.0. The van der Waals surface area contributed by atoms with Crippen LogP contribution in [0.25, 0.3) is 0 Å². The summed E-state index contributed by atoms with van der Waals surface area (Å²) in [5.41, 5.74) is 7.80. The van der Waals surface area contributed by atoms with E-state index in [1.807, 2.05) is 0 Å². The van der Waals surface area contributed by atoms with Gasteiger partial charge in [0.1, 0.15) is 0 Å². The summed E-state index contributed by atoms with van der Waals surface area (Å²) >= 11 is 0. The zero-order valence-corrected chi connectivity index (χ0v) is 11.5. The largest absolute Gasteiger partial charge is 0.0619 e. The van der Waals surface area contributed by atoms with Gasteiger partial charge in [-0.05, 0) is 72.8 Å². The summed E-state index contributed by atoms with van der Waals surface area (Å²) in [5, 5.41) is 0. The highest BCUT2D eigenvalue weighted by atomic mass is 14.3. The molecule has 1 aromatic carbocycles. The first kappa shape index (κ1) is 11.7. The lowest BCUT2D eigenvalue weighted by molar-refractivity contribution is 0.311. The van der Waals surface area contributed by atoms with Gasteiger partial charge in [0, 0.05) is 0 Å². The summed E-state index contributed by atoms with van der Waals surface area (Å²) in [5.74, 6) is 2.35. The summed E-state index contributed by atoms with van der Waals surface area (Å²) in [4.78, 5) is 0. The SMILES string of the molecule is Cc1cc(C)c2c(c1C)C(C)C(C)C(C)C2. The fourth-order valence-corrected chi connectivity index (χ4v) is 3.32. The van der Waals surface area contributed by atoms with Gasteiger partial charge in [0.15, 0.2) is 0 Å². The van der Waals surface area contributed by atoms with Crippen molar-refractivity contribution < 1.29 is 0 Å². The Hall–Kier alpha value is -0.780. The number of hydrogen-bond donors (Lipinski definition) is 0. The van der Waals surface area contributed by atoms with E-state index < -0.39 is 0 Å². The molecular weight excluding hydrogens is 192 g/mol. The molecule has 0 saturated carbocycles. The van der Waals surface area contributed by atoms with Crippen LogP contribution in [-0.4, -0.2) is 0 Å². The summed E-state index contributed by atoms with van der Waals surface area (Å²) in [6.07, 6.45) is 1.27. The van der Waals surface area contributed by atoms with Gasteiger partial charge >= 0.3 is 0 Å². The first-order valence-corrected chi connectivity index (χ1v) is 6.53. The Balaban J connectivity index is 2.65. The van der Waals surface area contributed by atoms with Gasteiger partial charge in [-0.2, -0.15) is 0 Å². The molecule has 16 heavy (non-hydrogen) atoms. The van der Waals surface area contributed by atoms with Gasteiger partial charge in [-0.15, -0.1) is 0 Å². The lowest BCUT2D eigenvalue weighted by Gasteiger charge is -2.36. The molecule has 0 bridgehead atoms. The van der Waals surface area contributed by atoms with E-state index in [2.05, 4.69) is 47.6 Å². The van der Waals surface area contributed by atoms with Crippen LogP contribution < -0.4 is 0 Å². The van der Waals surface area contributed by atoms with E-state index in [0.29, 0.717) is 0 Å². The van der Waals surface area contributed by atoms with Gasteiger partial charge in [-0.3, -0.25) is 0 Å². The average molecular weight is 216 g/mol. The molecule has 0 heteroatoms. The second kappa shape index (κ2) is 3.91. The van der Waals surface area contributed by atoms with Crippen molar-refractivity contribution in [2.75, 3.05) is 0 Å². The van der Waals surface area contributed by atoms with Crippen LogP contribution in [0.2, 0.25) is 0 Å². The molecular formula is C16H24. The zero-order valence-electron chi connectivity index (χ0n) is 11.5. The molecule has 0 saturated heterocycles. The van der Waals surface area contributed by atoms with Gasteiger partial charge in [-0.25, -0.2) is 0 Å². The molecule has 1 aromatic rings. The number of hydrogen-bond acceptors (Lipinski definition) is 0. The molecule has 0 nitrogen and oxygen atoms in total. The fourth-order valence-electron chi connectivity index (χ4n) is 3.32. The van der Waals surface area contributed by atoms with Crippen LogP contribution in [0.3, 0.4) is 0 Å². The minimum absolute atomic E-state index is 0.720. The Morgan fingerprint density at radius 2 is 1.62 bits per heavy atom. The molecule has 2 rings (SSSR count). The van der Waals surface area contributed by atoms with Crippen molar-refractivity contribution >= 4 is 0 Å². The number of fused-ring (bicyclic) bond motifs is 1. The molecule has 3 atom stereocenters. The Bertz CT molecular complexity index is 415. The van der Waals surface area contributed by atoms with Gasteiger partial charge in [0.25, 0.3) is 0 Å². The van der Waals surface area contributed by atoms with Crippen molar-refractivity contribution in [3.05, 3.63) is 33.9 Å². The van der Waals surface area contributed by atoms with Crippen molar-refractivity contribution in [2.45, 2.75) is 53.9 Å². The summed E-state index contributed by atoms with van der Waals surface area (Å²) < 4.78 is 0. The van der Waals surface area contributed by atoms with E-state index in [0.717, 1.165) is 17.8 Å². The monoisotopic (exact) mass is 216 g/mol. The minimum Gasteiger partial charge on any atom is -0.0619 e. The highest BCUT2D eigenvalue weighted by molar-refractivity contribution is 5.48. The highest BCUT2D eigenvalue weighted by Gasteiger charge is 2.30. The van der Waals surface area contributed by atoms with Gasteiger partial charge in [0.05, 0.1) is 0 Å². The van der Waals surface area contributed by atoms with E-state index >= 15 is 0 Å². The summed E-state index contributed by atoms with van der Waals surface area (Å²) in [6, 6.07) is 2.36. The second-order valence-corrected chi connectivity index (χ2v) is 5.86. The van der Waals surface area contributed by atoms with E-state index in [1.165, 1.54) is 23.1 Å². The molecule has 0 radical (unpaired) electrons. The van der Waals surface area contributed by atoms with Crippen LogP contribution in [0, 0.1) is 32.6 Å². The Morgan fingerprint density at radius 3 is 2.25 bits per heavy atom. The first-order valence-electron chi connectivity index (χ1n) is 6.53. The second-order valence-electron chi connectivity index (χ2n) is 5.86. The van der Waals surface area contributed by atoms with E-state index in [4.69, 9.17) is 0 Å². The quantitative estimate of drug-likeness (QED) is 0.597. The smallest absolute Gasteiger partial charge is 0.0156 e. The Morgan fingerprint density at radius 1 is 1.00 bits per heavy atom. The molecule has 1 aliphatic rings. The van der Waals surface area contributed by atoms with Crippen molar-refractivity contribution in [1.82, 2.24) is 0 Å². The van der Waals surface area contributed by atoms with Crippen LogP contribution in [-0.2, 0) is 6.42 Å². The Labute approximate surface area is 100 Å². The molecule has 0 aliphatic heterocycles. The molecule has 0 aromatic heterocycles. The fraction of sp³-hybridized carbons (Fsp3) is 0.625. The topological polar surface area (TPSA) is 0 Å². The van der Waals surface area contributed by atoms with Crippen LogP contribution in [0.5, 0.6) is 0 Å². The number of rotatable bonds is 0. The van der Waals surface area contributed by atoms with Gasteiger partial charge < -0.3 is 0 Å². The molecule has 0 heterocycles. The van der Waals surface area contributed by atoms with Crippen molar-refractivity contribution in [2.24, 2.45) is 11.8 Å². The number of benzene rings is 1. The van der Waals surface area contributed by atoms with Crippen molar-refractivity contribution in [3.8, 4) is 0 Å². The third kappa shape index (κ3) is 1.59. The van der Waals surface area contributed by atoms with Crippen molar-refractivity contribution in [1.29, 1.82) is 0 Å². The third-order valence-electron chi connectivity index (χ3n) is 4.90. The molecule has 1 aliphatic carbocycles. The van der Waals surface area contributed by atoms with Crippen LogP contribution in [0.4, 0.5) is 0 Å².